The third kappa shape index (κ3) is 4.39. The Morgan fingerprint density at radius 1 is 1.17 bits per heavy atom. The van der Waals surface area contributed by atoms with Crippen molar-refractivity contribution in [2.45, 2.75) is 33.2 Å². The molecule has 1 saturated heterocycles. The number of carbonyl (C=O) groups is 1. The molecule has 4 heterocycles. The number of nitrogens with zero attached hydrogens (tertiary/aromatic N) is 5. The number of benzene rings is 1. The van der Waals surface area contributed by atoms with Crippen LogP contribution in [0.5, 0.6) is 0 Å². The first-order chi connectivity index (χ1) is 16.7. The third-order valence-electron chi connectivity index (χ3n) is 6.22. The molecule has 0 radical (unpaired) electrons. The van der Waals surface area contributed by atoms with E-state index < -0.39 is 17.4 Å². The number of imidazole rings is 1. The molecule has 0 spiro atoms. The maximum Gasteiger partial charge on any atom is 0.255 e. The lowest BCUT2D eigenvalue weighted by molar-refractivity contribution is 0.102. The molecule has 35 heavy (non-hydrogen) atoms. The van der Waals surface area contributed by atoms with Crippen LogP contribution in [0.25, 0.3) is 16.8 Å². The van der Waals surface area contributed by atoms with Crippen molar-refractivity contribution in [1.29, 1.82) is 0 Å². The summed E-state index contributed by atoms with van der Waals surface area (Å²) >= 11 is 0. The standard InChI is InChI=1S/C26H29FN6O2/c1-17-5-6-18(25(34)30-21-15-29-33(23(21)27)26(2,3)4)13-20(17)19-14-22(31-9-11-35-12-10-31)24-28-7-8-32(24)16-19/h5-8,13-16H,9-12H2,1-4H3,(H,30,34). The van der Waals surface area contributed by atoms with Crippen molar-refractivity contribution in [3.8, 4) is 11.1 Å². The summed E-state index contributed by atoms with van der Waals surface area (Å²) in [5.74, 6) is -0.963. The van der Waals surface area contributed by atoms with Crippen molar-refractivity contribution in [3.05, 3.63) is 66.1 Å². The Bertz CT molecular complexity index is 1390. The van der Waals surface area contributed by atoms with Crippen LogP contribution in [-0.4, -0.2) is 51.4 Å². The van der Waals surface area contributed by atoms with Crippen LogP contribution in [0.4, 0.5) is 15.8 Å². The normalized spacial score (nSPS) is 14.5. The highest BCUT2D eigenvalue weighted by Gasteiger charge is 2.23. The van der Waals surface area contributed by atoms with E-state index in [1.807, 2.05) is 56.6 Å². The number of hydrogen-bond donors (Lipinski definition) is 1. The predicted molar refractivity (Wildman–Crippen MR) is 134 cm³/mol. The minimum atomic E-state index is -0.570. The second kappa shape index (κ2) is 8.81. The smallest absolute Gasteiger partial charge is 0.255 e. The van der Waals surface area contributed by atoms with Gasteiger partial charge in [0.05, 0.1) is 30.6 Å². The van der Waals surface area contributed by atoms with Gasteiger partial charge in [-0.2, -0.15) is 9.49 Å². The molecule has 0 unspecified atom stereocenters. The minimum absolute atomic E-state index is 0.0569. The van der Waals surface area contributed by atoms with Gasteiger partial charge in [0.25, 0.3) is 5.91 Å². The van der Waals surface area contributed by atoms with Crippen molar-refractivity contribution in [2.24, 2.45) is 0 Å². The van der Waals surface area contributed by atoms with Crippen LogP contribution in [0.15, 0.2) is 49.1 Å². The molecule has 182 valence electrons. The molecule has 1 N–H and O–H groups in total. The van der Waals surface area contributed by atoms with Gasteiger partial charge >= 0.3 is 0 Å². The second-order valence-electron chi connectivity index (χ2n) is 9.79. The summed E-state index contributed by atoms with van der Waals surface area (Å²) in [5.41, 5.74) is 4.79. The molecule has 4 aromatic rings. The molecule has 1 aliphatic heterocycles. The first kappa shape index (κ1) is 23.0. The minimum Gasteiger partial charge on any atom is -0.378 e. The van der Waals surface area contributed by atoms with Crippen LogP contribution >= 0.6 is 0 Å². The molecule has 3 aromatic heterocycles. The zero-order chi connectivity index (χ0) is 24.7. The fourth-order valence-corrected chi connectivity index (χ4v) is 4.35. The molecule has 1 fully saturated rings. The Hall–Kier alpha value is -3.72. The van der Waals surface area contributed by atoms with Crippen LogP contribution in [0.2, 0.25) is 0 Å². The molecule has 1 aromatic carbocycles. The average Bonchev–Trinajstić information content (AvgIpc) is 3.45. The summed E-state index contributed by atoms with van der Waals surface area (Å²) in [5, 5.41) is 6.77. The number of aromatic nitrogens is 4. The van der Waals surface area contributed by atoms with Crippen LogP contribution in [0.3, 0.4) is 0 Å². The number of fused-ring (bicyclic) bond motifs is 1. The van der Waals surface area contributed by atoms with E-state index in [4.69, 9.17) is 4.74 Å². The number of hydrogen-bond acceptors (Lipinski definition) is 5. The van der Waals surface area contributed by atoms with Crippen molar-refractivity contribution >= 4 is 22.9 Å². The second-order valence-corrected chi connectivity index (χ2v) is 9.79. The number of morpholine rings is 1. The zero-order valence-electron chi connectivity index (χ0n) is 20.4. The van der Waals surface area contributed by atoms with Crippen LogP contribution < -0.4 is 10.2 Å². The number of pyridine rings is 1. The molecular formula is C26H29FN6O2. The summed E-state index contributed by atoms with van der Waals surface area (Å²) in [4.78, 5) is 19.9. The summed E-state index contributed by atoms with van der Waals surface area (Å²) in [6.45, 7) is 10.5. The van der Waals surface area contributed by atoms with Gasteiger partial charge in [0, 0.05) is 42.8 Å². The third-order valence-corrected chi connectivity index (χ3v) is 6.22. The van der Waals surface area contributed by atoms with E-state index in [1.165, 1.54) is 10.9 Å². The number of rotatable bonds is 4. The zero-order valence-corrected chi connectivity index (χ0v) is 20.4. The number of amides is 1. The highest BCUT2D eigenvalue weighted by Crippen LogP contribution is 2.32. The van der Waals surface area contributed by atoms with Gasteiger partial charge < -0.3 is 19.4 Å². The Morgan fingerprint density at radius 3 is 2.66 bits per heavy atom. The quantitative estimate of drug-likeness (QED) is 0.470. The number of ether oxygens (including phenoxy) is 1. The lowest BCUT2D eigenvalue weighted by atomic mass is 9.98. The Balaban J connectivity index is 1.49. The number of carbonyl (C=O) groups excluding carboxylic acids is 1. The lowest BCUT2D eigenvalue weighted by Crippen LogP contribution is -2.36. The summed E-state index contributed by atoms with van der Waals surface area (Å²) in [7, 11) is 0. The van der Waals surface area contributed by atoms with Crippen LogP contribution in [-0.2, 0) is 10.3 Å². The summed E-state index contributed by atoms with van der Waals surface area (Å²) in [6, 6.07) is 7.62. The van der Waals surface area contributed by atoms with Gasteiger partial charge in [-0.1, -0.05) is 6.07 Å². The van der Waals surface area contributed by atoms with Gasteiger partial charge in [-0.05, 0) is 57.0 Å². The number of nitrogens with one attached hydrogen (secondary N) is 1. The lowest BCUT2D eigenvalue weighted by Gasteiger charge is -2.29. The first-order valence-corrected chi connectivity index (χ1v) is 11.7. The average molecular weight is 477 g/mol. The van der Waals surface area contributed by atoms with Gasteiger partial charge in [-0.25, -0.2) is 9.67 Å². The van der Waals surface area contributed by atoms with E-state index in [0.29, 0.717) is 18.8 Å². The first-order valence-electron chi connectivity index (χ1n) is 11.7. The van der Waals surface area contributed by atoms with Gasteiger partial charge in [0.2, 0.25) is 5.95 Å². The summed E-state index contributed by atoms with van der Waals surface area (Å²) in [6.07, 6.45) is 7.06. The molecule has 1 amide bonds. The van der Waals surface area contributed by atoms with Gasteiger partial charge in [-0.15, -0.1) is 0 Å². The SMILES string of the molecule is Cc1ccc(C(=O)Nc2cnn(C(C)(C)C)c2F)cc1-c1cc(N2CCOCC2)c2nccn2c1. The van der Waals surface area contributed by atoms with Crippen molar-refractivity contribution in [1.82, 2.24) is 19.2 Å². The van der Waals surface area contributed by atoms with Crippen LogP contribution in [0.1, 0.15) is 36.7 Å². The van der Waals surface area contributed by atoms with Crippen LogP contribution in [0, 0.1) is 12.9 Å². The fraction of sp³-hybridized carbons (Fsp3) is 0.346. The number of aryl methyl sites for hydroxylation is 1. The molecule has 8 nitrogen and oxygen atoms in total. The molecule has 0 bridgehead atoms. The van der Waals surface area contributed by atoms with E-state index >= 15 is 0 Å². The maximum absolute atomic E-state index is 14.8. The highest BCUT2D eigenvalue weighted by atomic mass is 19.1. The van der Waals surface area contributed by atoms with E-state index in [-0.39, 0.29) is 5.69 Å². The highest BCUT2D eigenvalue weighted by molar-refractivity contribution is 6.05. The molecule has 5 rings (SSSR count). The fourth-order valence-electron chi connectivity index (χ4n) is 4.35. The Labute approximate surface area is 203 Å². The van der Waals surface area contributed by atoms with Gasteiger partial charge in [0.15, 0.2) is 5.65 Å². The number of anilines is 2. The molecule has 1 aliphatic rings. The molecule has 0 aliphatic carbocycles. The van der Waals surface area contributed by atoms with Gasteiger partial charge in [-0.3, -0.25) is 4.79 Å². The number of halogens is 1. The molecule has 0 atom stereocenters. The molecular weight excluding hydrogens is 447 g/mol. The predicted octanol–water partition coefficient (Wildman–Crippen LogP) is 4.49. The monoisotopic (exact) mass is 476 g/mol. The summed E-state index contributed by atoms with van der Waals surface area (Å²) < 4.78 is 23.6. The Morgan fingerprint density at radius 2 is 1.94 bits per heavy atom. The van der Waals surface area contributed by atoms with Gasteiger partial charge in [0.1, 0.15) is 5.69 Å². The largest absolute Gasteiger partial charge is 0.378 e. The van der Waals surface area contributed by atoms with Crippen molar-refractivity contribution in [3.63, 3.8) is 0 Å². The van der Waals surface area contributed by atoms with E-state index in [9.17, 15) is 9.18 Å². The molecule has 9 heteroatoms. The van der Waals surface area contributed by atoms with Crippen molar-refractivity contribution in [2.75, 3.05) is 36.5 Å². The topological polar surface area (TPSA) is 76.7 Å². The molecule has 0 saturated carbocycles. The Kier molecular flexibility index (Phi) is 5.80. The van der Waals surface area contributed by atoms with E-state index in [0.717, 1.165) is 41.1 Å². The maximum atomic E-state index is 14.8. The van der Waals surface area contributed by atoms with E-state index in [1.54, 1.807) is 12.3 Å². The van der Waals surface area contributed by atoms with E-state index in [2.05, 4.69) is 26.4 Å². The van der Waals surface area contributed by atoms with Crippen molar-refractivity contribution < 1.29 is 13.9 Å².